The molecule has 0 unspecified atom stereocenters. The number of hydrogen-bond acceptors (Lipinski definition) is 4. The summed E-state index contributed by atoms with van der Waals surface area (Å²) in [5, 5.41) is 5.11. The van der Waals surface area contributed by atoms with Crippen LogP contribution in [0, 0.1) is 0 Å². The van der Waals surface area contributed by atoms with E-state index in [4.69, 9.17) is 21.1 Å². The average molecular weight is 433 g/mol. The normalized spacial score (nSPS) is 15.5. The molecule has 2 aliphatic carbocycles. The smallest absolute Gasteiger partial charge is 0.137 e. The van der Waals surface area contributed by atoms with Crippen LogP contribution in [0.3, 0.4) is 0 Å². The summed E-state index contributed by atoms with van der Waals surface area (Å²) < 4.78 is 10.4. The molecule has 31 heavy (non-hydrogen) atoms. The molecule has 0 aliphatic heterocycles. The number of halogens is 1. The van der Waals surface area contributed by atoms with Crippen LogP contribution >= 0.6 is 11.6 Å². The number of hydrogen-bond donors (Lipinski definition) is 0. The molecule has 0 radical (unpaired) electrons. The molecule has 2 aromatic carbocycles. The number of ether oxygens (including phenoxy) is 2. The Bertz CT molecular complexity index is 1250. The number of methoxy groups -OCH3 is 2. The summed E-state index contributed by atoms with van der Waals surface area (Å²) in [6.07, 6.45) is 7.02. The molecule has 0 bridgehead atoms. The molecule has 2 aromatic heterocycles. The van der Waals surface area contributed by atoms with Crippen LogP contribution in [0.5, 0.6) is 11.5 Å². The molecule has 4 aromatic rings. The second-order valence-corrected chi connectivity index (χ2v) is 8.65. The Morgan fingerprint density at radius 2 is 1.35 bits per heavy atom. The minimum atomic E-state index is 0.599. The molecule has 0 N–H and O–H groups in total. The van der Waals surface area contributed by atoms with E-state index in [1.807, 2.05) is 30.5 Å². The fourth-order valence-corrected chi connectivity index (χ4v) is 4.06. The van der Waals surface area contributed by atoms with Crippen molar-refractivity contribution in [2.45, 2.75) is 37.5 Å². The van der Waals surface area contributed by atoms with Gasteiger partial charge in [0, 0.05) is 40.2 Å². The molecule has 0 spiro atoms. The van der Waals surface area contributed by atoms with E-state index in [0.717, 1.165) is 28.0 Å². The van der Waals surface area contributed by atoms with Gasteiger partial charge in [-0.25, -0.2) is 4.98 Å². The second kappa shape index (κ2) is 8.35. The Morgan fingerprint density at radius 3 is 2.03 bits per heavy atom. The summed E-state index contributed by atoms with van der Waals surface area (Å²) >= 11 is 6.18. The number of aromatic nitrogens is 2. The van der Waals surface area contributed by atoms with Gasteiger partial charge in [0.1, 0.15) is 16.7 Å². The Labute approximate surface area is 187 Å². The van der Waals surface area contributed by atoms with E-state index >= 15 is 0 Å². The maximum atomic E-state index is 6.18. The summed E-state index contributed by atoms with van der Waals surface area (Å²) in [5.74, 6) is 3.10. The first-order chi connectivity index (χ1) is 15.1. The van der Waals surface area contributed by atoms with Crippen LogP contribution in [-0.4, -0.2) is 24.2 Å². The molecule has 5 heteroatoms. The molecule has 2 saturated carbocycles. The van der Waals surface area contributed by atoms with Gasteiger partial charge in [-0.15, -0.1) is 0 Å². The number of nitrogens with zero attached hydrogens (tertiary/aromatic N) is 2. The standard InChI is InChI=1S/C13H12ClNO.C13H13NO/c1-16-10-4-5-11-9(6-10)7-12(8-2-3-8)15-13(11)14;1-15-12-5-4-10-8-14-13(9-2-3-9)7-11(10)6-12/h4-8H,2-3H2,1H3;4-9H,2-3H2,1H3. The predicted octanol–water partition coefficient (Wildman–Crippen LogP) is 6.90. The zero-order chi connectivity index (χ0) is 21.4. The summed E-state index contributed by atoms with van der Waals surface area (Å²) in [4.78, 5) is 8.93. The van der Waals surface area contributed by atoms with Crippen molar-refractivity contribution in [3.05, 3.63) is 71.3 Å². The van der Waals surface area contributed by atoms with Gasteiger partial charge in [-0.2, -0.15) is 0 Å². The molecule has 2 heterocycles. The quantitative estimate of drug-likeness (QED) is 0.329. The first kappa shape index (κ1) is 20.1. The topological polar surface area (TPSA) is 44.2 Å². The van der Waals surface area contributed by atoms with Crippen molar-refractivity contribution in [1.82, 2.24) is 9.97 Å². The van der Waals surface area contributed by atoms with Crippen molar-refractivity contribution in [2.75, 3.05) is 14.2 Å². The van der Waals surface area contributed by atoms with E-state index in [1.54, 1.807) is 14.2 Å². The Balaban J connectivity index is 0.000000132. The van der Waals surface area contributed by atoms with Crippen LogP contribution in [0.2, 0.25) is 5.15 Å². The molecule has 4 nitrogen and oxygen atoms in total. The zero-order valence-corrected chi connectivity index (χ0v) is 18.5. The summed E-state index contributed by atoms with van der Waals surface area (Å²) in [5.41, 5.74) is 2.35. The molecule has 0 amide bonds. The summed E-state index contributed by atoms with van der Waals surface area (Å²) in [6.45, 7) is 0. The van der Waals surface area contributed by atoms with Gasteiger partial charge in [-0.05, 0) is 85.0 Å². The van der Waals surface area contributed by atoms with E-state index in [-0.39, 0.29) is 0 Å². The lowest BCUT2D eigenvalue weighted by molar-refractivity contribution is 0.415. The maximum Gasteiger partial charge on any atom is 0.137 e. The van der Waals surface area contributed by atoms with E-state index in [2.05, 4.69) is 34.2 Å². The molecule has 0 saturated heterocycles. The van der Waals surface area contributed by atoms with Crippen molar-refractivity contribution >= 4 is 33.1 Å². The lowest BCUT2D eigenvalue weighted by Crippen LogP contribution is -1.89. The highest BCUT2D eigenvalue weighted by Crippen LogP contribution is 2.41. The van der Waals surface area contributed by atoms with Crippen LogP contribution in [-0.2, 0) is 0 Å². The fraction of sp³-hybridized carbons (Fsp3) is 0.308. The van der Waals surface area contributed by atoms with Crippen LogP contribution < -0.4 is 9.47 Å². The van der Waals surface area contributed by atoms with Crippen molar-refractivity contribution in [2.24, 2.45) is 0 Å². The lowest BCUT2D eigenvalue weighted by Gasteiger charge is -2.06. The van der Waals surface area contributed by atoms with Crippen LogP contribution in [0.4, 0.5) is 0 Å². The second-order valence-electron chi connectivity index (χ2n) is 8.30. The van der Waals surface area contributed by atoms with Gasteiger partial charge >= 0.3 is 0 Å². The first-order valence-electron chi connectivity index (χ1n) is 10.7. The molecular weight excluding hydrogens is 408 g/mol. The van der Waals surface area contributed by atoms with Crippen LogP contribution in [0.25, 0.3) is 21.5 Å². The van der Waals surface area contributed by atoms with Gasteiger partial charge in [0.25, 0.3) is 0 Å². The Morgan fingerprint density at radius 1 is 0.742 bits per heavy atom. The first-order valence-corrected chi connectivity index (χ1v) is 11.1. The molecule has 158 valence electrons. The number of pyridine rings is 2. The van der Waals surface area contributed by atoms with Gasteiger partial charge in [0.05, 0.1) is 14.2 Å². The third kappa shape index (κ3) is 4.45. The van der Waals surface area contributed by atoms with Gasteiger partial charge in [-0.1, -0.05) is 11.6 Å². The van der Waals surface area contributed by atoms with Gasteiger partial charge < -0.3 is 9.47 Å². The highest BCUT2D eigenvalue weighted by atomic mass is 35.5. The molecule has 0 atom stereocenters. The largest absolute Gasteiger partial charge is 0.497 e. The van der Waals surface area contributed by atoms with Gasteiger partial charge in [-0.3, -0.25) is 4.98 Å². The van der Waals surface area contributed by atoms with Crippen molar-refractivity contribution < 1.29 is 9.47 Å². The summed E-state index contributed by atoms with van der Waals surface area (Å²) in [6, 6.07) is 16.3. The number of fused-ring (bicyclic) bond motifs is 2. The molecule has 2 fully saturated rings. The fourth-order valence-electron chi connectivity index (χ4n) is 3.79. The monoisotopic (exact) mass is 432 g/mol. The Hall–Kier alpha value is -2.85. The van der Waals surface area contributed by atoms with Crippen molar-refractivity contribution in [1.29, 1.82) is 0 Å². The maximum absolute atomic E-state index is 6.18. The molecular formula is C26H25ClN2O2. The molecule has 6 rings (SSSR count). The van der Waals surface area contributed by atoms with E-state index in [9.17, 15) is 0 Å². The van der Waals surface area contributed by atoms with E-state index in [0.29, 0.717) is 17.0 Å². The molecule has 2 aliphatic rings. The third-order valence-electron chi connectivity index (χ3n) is 5.95. The Kier molecular flexibility index (Phi) is 5.41. The minimum absolute atomic E-state index is 0.599. The minimum Gasteiger partial charge on any atom is -0.497 e. The number of benzene rings is 2. The highest BCUT2D eigenvalue weighted by Gasteiger charge is 2.26. The van der Waals surface area contributed by atoms with Crippen molar-refractivity contribution in [3.63, 3.8) is 0 Å². The third-order valence-corrected chi connectivity index (χ3v) is 6.24. The van der Waals surface area contributed by atoms with Crippen LogP contribution in [0.15, 0.2) is 54.7 Å². The zero-order valence-electron chi connectivity index (χ0n) is 17.8. The van der Waals surface area contributed by atoms with Crippen LogP contribution in [0.1, 0.15) is 48.9 Å². The van der Waals surface area contributed by atoms with Gasteiger partial charge in [0.15, 0.2) is 0 Å². The SMILES string of the molecule is COc1ccc2c(Cl)nc(C3CC3)cc2c1.COc1ccc2cnc(C3CC3)cc2c1. The summed E-state index contributed by atoms with van der Waals surface area (Å²) in [7, 11) is 3.37. The van der Waals surface area contributed by atoms with Gasteiger partial charge in [0.2, 0.25) is 0 Å². The number of rotatable bonds is 4. The lowest BCUT2D eigenvalue weighted by atomic mass is 10.1. The van der Waals surface area contributed by atoms with Crippen molar-refractivity contribution in [3.8, 4) is 11.5 Å². The average Bonchev–Trinajstić information content (AvgIpc) is 3.71. The van der Waals surface area contributed by atoms with E-state index < -0.39 is 0 Å². The predicted molar refractivity (Wildman–Crippen MR) is 126 cm³/mol. The van der Waals surface area contributed by atoms with E-state index in [1.165, 1.54) is 42.1 Å². The highest BCUT2D eigenvalue weighted by molar-refractivity contribution is 6.34.